The van der Waals surface area contributed by atoms with Crippen molar-refractivity contribution >= 4 is 15.7 Å². The molecular formula is C15H21NO3S. The van der Waals surface area contributed by atoms with Crippen molar-refractivity contribution in [2.75, 3.05) is 10.8 Å². The number of hydrogen-bond acceptors (Lipinski definition) is 3. The first-order chi connectivity index (χ1) is 9.60. The molecule has 1 aromatic rings. The number of aliphatic hydroxyl groups excluding tert-OH is 1. The van der Waals surface area contributed by atoms with Gasteiger partial charge < -0.3 is 5.11 Å². The molecular weight excluding hydrogens is 274 g/mol. The normalized spacial score (nSPS) is 24.4. The highest BCUT2D eigenvalue weighted by Gasteiger charge is 2.36. The number of sulfonamides is 1. The molecule has 1 heterocycles. The summed E-state index contributed by atoms with van der Waals surface area (Å²) in [5.74, 6) is 0. The van der Waals surface area contributed by atoms with Crippen molar-refractivity contribution in [2.24, 2.45) is 0 Å². The van der Waals surface area contributed by atoms with Gasteiger partial charge in [-0.2, -0.15) is 0 Å². The van der Waals surface area contributed by atoms with Crippen LogP contribution in [0.2, 0.25) is 0 Å². The van der Waals surface area contributed by atoms with Crippen LogP contribution in [0.1, 0.15) is 50.2 Å². The number of hydrogen-bond donors (Lipinski definition) is 1. The number of benzene rings is 1. The minimum Gasteiger partial charge on any atom is -0.388 e. The lowest BCUT2D eigenvalue weighted by atomic mass is 10.1. The molecule has 1 saturated carbocycles. The maximum absolute atomic E-state index is 12.9. The smallest absolute Gasteiger partial charge is 0.238 e. The molecule has 0 amide bonds. The zero-order valence-corrected chi connectivity index (χ0v) is 12.3. The van der Waals surface area contributed by atoms with Crippen molar-refractivity contribution < 1.29 is 13.5 Å². The van der Waals surface area contributed by atoms with Crippen molar-refractivity contribution in [3.63, 3.8) is 0 Å². The van der Waals surface area contributed by atoms with Crippen molar-refractivity contribution in [2.45, 2.75) is 49.9 Å². The zero-order chi connectivity index (χ0) is 14.2. The average molecular weight is 295 g/mol. The van der Waals surface area contributed by atoms with Gasteiger partial charge in [0.2, 0.25) is 10.0 Å². The standard InChI is InChI=1S/C15H21NO3S/c17-15-10-5-11-16(14-9-4-3-8-13(14)15)20(18,19)12-6-1-2-7-12/h3-4,8-9,12,15,17H,1-2,5-7,10-11H2. The third kappa shape index (κ3) is 2.33. The number of nitrogens with zero attached hydrogens (tertiary/aromatic N) is 1. The SMILES string of the molecule is O=S(=O)(C1CCCC1)N1CCCC(O)c2ccccc21. The van der Waals surface area contributed by atoms with E-state index >= 15 is 0 Å². The molecule has 1 N–H and O–H groups in total. The Labute approximate surface area is 120 Å². The van der Waals surface area contributed by atoms with E-state index in [9.17, 15) is 13.5 Å². The fourth-order valence-electron chi connectivity index (χ4n) is 3.33. The Morgan fingerprint density at radius 2 is 1.75 bits per heavy atom. The van der Waals surface area contributed by atoms with E-state index in [4.69, 9.17) is 0 Å². The van der Waals surface area contributed by atoms with Crippen LogP contribution in [-0.4, -0.2) is 25.3 Å². The molecule has 3 rings (SSSR count). The lowest BCUT2D eigenvalue weighted by molar-refractivity contribution is 0.168. The summed E-state index contributed by atoms with van der Waals surface area (Å²) in [5.41, 5.74) is 1.41. The fourth-order valence-corrected chi connectivity index (χ4v) is 5.44. The van der Waals surface area contributed by atoms with E-state index in [1.165, 1.54) is 0 Å². The van der Waals surface area contributed by atoms with E-state index in [2.05, 4.69) is 0 Å². The van der Waals surface area contributed by atoms with Crippen molar-refractivity contribution in [1.29, 1.82) is 0 Å². The third-order valence-corrected chi connectivity index (χ3v) is 6.74. The summed E-state index contributed by atoms with van der Waals surface area (Å²) in [6.45, 7) is 0.479. The maximum Gasteiger partial charge on any atom is 0.238 e. The molecule has 0 bridgehead atoms. The van der Waals surface area contributed by atoms with Gasteiger partial charge in [-0.15, -0.1) is 0 Å². The molecule has 0 radical (unpaired) electrons. The number of anilines is 1. The second-order valence-electron chi connectivity index (χ2n) is 5.74. The van der Waals surface area contributed by atoms with E-state index in [0.29, 0.717) is 25.1 Å². The lowest BCUT2D eigenvalue weighted by Crippen LogP contribution is -2.38. The van der Waals surface area contributed by atoms with Crippen LogP contribution < -0.4 is 4.31 Å². The topological polar surface area (TPSA) is 57.6 Å². The van der Waals surface area contributed by atoms with Gasteiger partial charge in [-0.1, -0.05) is 31.0 Å². The molecule has 20 heavy (non-hydrogen) atoms. The second-order valence-corrected chi connectivity index (χ2v) is 7.88. The van der Waals surface area contributed by atoms with Crippen molar-refractivity contribution in [1.82, 2.24) is 0 Å². The Hall–Kier alpha value is -1.07. The molecule has 1 atom stereocenters. The van der Waals surface area contributed by atoms with Gasteiger partial charge >= 0.3 is 0 Å². The molecule has 1 aliphatic carbocycles. The minimum atomic E-state index is -3.30. The lowest BCUT2D eigenvalue weighted by Gasteiger charge is -2.27. The van der Waals surface area contributed by atoms with E-state index in [-0.39, 0.29) is 5.25 Å². The van der Waals surface area contributed by atoms with E-state index in [1.807, 2.05) is 24.3 Å². The van der Waals surface area contributed by atoms with Gasteiger partial charge in [0, 0.05) is 12.1 Å². The van der Waals surface area contributed by atoms with E-state index < -0.39 is 16.1 Å². The summed E-state index contributed by atoms with van der Waals surface area (Å²) >= 11 is 0. The number of rotatable bonds is 2. The first-order valence-corrected chi connectivity index (χ1v) is 8.89. The van der Waals surface area contributed by atoms with Crippen LogP contribution in [0.3, 0.4) is 0 Å². The Kier molecular flexibility index (Phi) is 3.73. The molecule has 1 aliphatic heterocycles. The number of aliphatic hydroxyl groups is 1. The summed E-state index contributed by atoms with van der Waals surface area (Å²) in [6, 6.07) is 7.35. The highest BCUT2D eigenvalue weighted by molar-refractivity contribution is 7.93. The van der Waals surface area contributed by atoms with Crippen LogP contribution in [0, 0.1) is 0 Å². The van der Waals surface area contributed by atoms with Crippen LogP contribution in [0.25, 0.3) is 0 Å². The van der Waals surface area contributed by atoms with Gasteiger partial charge in [-0.05, 0) is 31.7 Å². The van der Waals surface area contributed by atoms with E-state index in [1.54, 1.807) is 4.31 Å². The Morgan fingerprint density at radius 1 is 1.05 bits per heavy atom. The number of para-hydroxylation sites is 1. The first kappa shape index (κ1) is 13.9. The summed E-state index contributed by atoms with van der Waals surface area (Å²) in [6.07, 6.45) is 4.29. The van der Waals surface area contributed by atoms with Crippen LogP contribution in [-0.2, 0) is 10.0 Å². The average Bonchev–Trinajstić information content (AvgIpc) is 2.93. The molecule has 0 spiro atoms. The van der Waals surface area contributed by atoms with Crippen LogP contribution in [0.15, 0.2) is 24.3 Å². The molecule has 5 heteroatoms. The van der Waals surface area contributed by atoms with Crippen LogP contribution in [0.5, 0.6) is 0 Å². The first-order valence-electron chi connectivity index (χ1n) is 7.39. The molecule has 110 valence electrons. The van der Waals surface area contributed by atoms with Gasteiger partial charge in [0.05, 0.1) is 17.0 Å². The largest absolute Gasteiger partial charge is 0.388 e. The molecule has 0 aromatic heterocycles. The summed E-state index contributed by atoms with van der Waals surface area (Å²) in [4.78, 5) is 0. The summed E-state index contributed by atoms with van der Waals surface area (Å²) in [5, 5.41) is 9.92. The minimum absolute atomic E-state index is 0.245. The Morgan fingerprint density at radius 3 is 2.50 bits per heavy atom. The molecule has 1 unspecified atom stereocenters. The molecule has 0 saturated heterocycles. The van der Waals surface area contributed by atoms with Crippen molar-refractivity contribution in [3.05, 3.63) is 29.8 Å². The number of fused-ring (bicyclic) bond motifs is 1. The van der Waals surface area contributed by atoms with Gasteiger partial charge in [-0.25, -0.2) is 8.42 Å². The molecule has 4 nitrogen and oxygen atoms in total. The fraction of sp³-hybridized carbons (Fsp3) is 0.600. The van der Waals surface area contributed by atoms with Crippen molar-refractivity contribution in [3.8, 4) is 0 Å². The highest BCUT2D eigenvalue weighted by atomic mass is 32.2. The zero-order valence-electron chi connectivity index (χ0n) is 11.5. The third-order valence-electron chi connectivity index (χ3n) is 4.43. The van der Waals surface area contributed by atoms with Gasteiger partial charge in [0.25, 0.3) is 0 Å². The van der Waals surface area contributed by atoms with Gasteiger partial charge in [0.15, 0.2) is 0 Å². The summed E-state index contributed by atoms with van der Waals surface area (Å²) in [7, 11) is -3.30. The van der Waals surface area contributed by atoms with Gasteiger partial charge in [-0.3, -0.25) is 4.31 Å². The Balaban J connectivity index is 2.02. The summed E-state index contributed by atoms with van der Waals surface area (Å²) < 4.78 is 27.3. The predicted octanol–water partition coefficient (Wildman–Crippen LogP) is 2.59. The highest BCUT2D eigenvalue weighted by Crippen LogP contribution is 2.37. The van der Waals surface area contributed by atoms with E-state index in [0.717, 1.165) is 31.2 Å². The van der Waals surface area contributed by atoms with Gasteiger partial charge in [0.1, 0.15) is 0 Å². The molecule has 1 fully saturated rings. The van der Waals surface area contributed by atoms with Crippen LogP contribution >= 0.6 is 0 Å². The second kappa shape index (κ2) is 5.37. The maximum atomic E-state index is 12.9. The molecule has 1 aromatic carbocycles. The molecule has 2 aliphatic rings. The monoisotopic (exact) mass is 295 g/mol. The van der Waals surface area contributed by atoms with Crippen LogP contribution in [0.4, 0.5) is 5.69 Å². The quantitative estimate of drug-likeness (QED) is 0.912. The Bertz CT molecular complexity index is 579. The predicted molar refractivity (Wildman–Crippen MR) is 79.2 cm³/mol.